The zero-order valence-electron chi connectivity index (χ0n) is 9.68. The Morgan fingerprint density at radius 1 is 1.39 bits per heavy atom. The first-order valence-corrected chi connectivity index (χ1v) is 6.01. The fraction of sp³-hybridized carbons (Fsp3) is 0.0769. The number of aromatic nitrogens is 1. The summed E-state index contributed by atoms with van der Waals surface area (Å²) in [6.45, 7) is 0. The molecule has 0 fully saturated rings. The number of methoxy groups -OCH3 is 1. The number of rotatable bonds is 3. The Morgan fingerprint density at radius 3 is 2.78 bits per heavy atom. The molecule has 92 valence electrons. The summed E-state index contributed by atoms with van der Waals surface area (Å²) < 4.78 is 5.83. The van der Waals surface area contributed by atoms with E-state index in [9.17, 15) is 4.79 Å². The van der Waals surface area contributed by atoms with Crippen LogP contribution in [0.2, 0.25) is 0 Å². The molecule has 0 aliphatic rings. The van der Waals surface area contributed by atoms with Gasteiger partial charge in [0, 0.05) is 11.8 Å². The summed E-state index contributed by atoms with van der Waals surface area (Å²) in [6.07, 6.45) is 1.55. The van der Waals surface area contributed by atoms with Crippen LogP contribution in [0.1, 0.15) is 15.9 Å². The highest BCUT2D eigenvalue weighted by Gasteiger charge is 2.14. The number of ketones is 1. The molecule has 0 aliphatic heterocycles. The summed E-state index contributed by atoms with van der Waals surface area (Å²) in [6, 6.07) is 8.46. The van der Waals surface area contributed by atoms with E-state index in [-0.39, 0.29) is 11.6 Å². The number of carbonyl (C=O) groups is 1. The number of hydrogen-bond acceptors (Lipinski definition) is 4. The normalized spacial score (nSPS) is 10.1. The molecule has 1 heterocycles. The molecular weight excluding hydrogens is 296 g/mol. The Bertz CT molecular complexity index is 599. The molecular formula is C13H11BrN2O2. The number of nitrogens with zero attached hydrogens (tertiary/aromatic N) is 1. The Kier molecular flexibility index (Phi) is 3.62. The van der Waals surface area contributed by atoms with Gasteiger partial charge in [0.15, 0.2) is 5.78 Å². The van der Waals surface area contributed by atoms with Gasteiger partial charge < -0.3 is 10.5 Å². The van der Waals surface area contributed by atoms with Gasteiger partial charge in [-0.15, -0.1) is 0 Å². The summed E-state index contributed by atoms with van der Waals surface area (Å²) in [5.41, 5.74) is 6.61. The molecule has 1 aromatic heterocycles. The molecule has 18 heavy (non-hydrogen) atoms. The van der Waals surface area contributed by atoms with Gasteiger partial charge in [0.2, 0.25) is 0 Å². The average molecular weight is 307 g/mol. The summed E-state index contributed by atoms with van der Waals surface area (Å²) in [4.78, 5) is 16.1. The molecule has 0 atom stereocenters. The van der Waals surface area contributed by atoms with E-state index >= 15 is 0 Å². The fourth-order valence-electron chi connectivity index (χ4n) is 1.57. The van der Waals surface area contributed by atoms with Crippen LogP contribution in [-0.2, 0) is 0 Å². The van der Waals surface area contributed by atoms with Crippen molar-refractivity contribution in [1.82, 2.24) is 4.98 Å². The standard InChI is InChI=1S/C13H11BrN2O2/c1-18-11-5-4-8(7-10(11)14)12(17)9-3-2-6-16-13(9)15/h2-7H,1H3,(H2,15,16). The lowest BCUT2D eigenvalue weighted by molar-refractivity contribution is 0.103. The lowest BCUT2D eigenvalue weighted by Gasteiger charge is -2.07. The van der Waals surface area contributed by atoms with Gasteiger partial charge in [-0.2, -0.15) is 0 Å². The van der Waals surface area contributed by atoms with Gasteiger partial charge in [-0.25, -0.2) is 4.98 Å². The van der Waals surface area contributed by atoms with Crippen LogP contribution in [0.3, 0.4) is 0 Å². The molecule has 2 N–H and O–H groups in total. The van der Waals surface area contributed by atoms with Gasteiger partial charge in [-0.1, -0.05) is 0 Å². The predicted octanol–water partition coefficient (Wildman–Crippen LogP) is 2.67. The van der Waals surface area contributed by atoms with Gasteiger partial charge in [-0.3, -0.25) is 4.79 Å². The zero-order chi connectivity index (χ0) is 13.1. The van der Waals surface area contributed by atoms with Crippen LogP contribution >= 0.6 is 15.9 Å². The monoisotopic (exact) mass is 306 g/mol. The lowest BCUT2D eigenvalue weighted by atomic mass is 10.0. The smallest absolute Gasteiger partial charge is 0.196 e. The third-order valence-corrected chi connectivity index (χ3v) is 3.12. The molecule has 1 aromatic carbocycles. The second kappa shape index (κ2) is 5.18. The van der Waals surface area contributed by atoms with E-state index in [1.54, 1.807) is 43.6 Å². The van der Waals surface area contributed by atoms with Crippen LogP contribution in [0.25, 0.3) is 0 Å². The summed E-state index contributed by atoms with van der Waals surface area (Å²) in [7, 11) is 1.57. The number of benzene rings is 1. The third-order valence-electron chi connectivity index (χ3n) is 2.50. The first-order valence-electron chi connectivity index (χ1n) is 5.22. The van der Waals surface area contributed by atoms with Crippen molar-refractivity contribution in [2.45, 2.75) is 0 Å². The van der Waals surface area contributed by atoms with Crippen molar-refractivity contribution >= 4 is 27.5 Å². The molecule has 4 nitrogen and oxygen atoms in total. The number of nitrogen functional groups attached to an aromatic ring is 1. The van der Waals surface area contributed by atoms with E-state index in [1.807, 2.05) is 0 Å². The number of carbonyl (C=O) groups excluding carboxylic acids is 1. The second-order valence-corrected chi connectivity index (χ2v) is 4.47. The van der Waals surface area contributed by atoms with Crippen LogP contribution in [0.4, 0.5) is 5.82 Å². The maximum absolute atomic E-state index is 12.2. The quantitative estimate of drug-likeness (QED) is 0.885. The number of pyridine rings is 1. The number of halogens is 1. The number of anilines is 1. The van der Waals surface area contributed by atoms with Crippen LogP contribution < -0.4 is 10.5 Å². The van der Waals surface area contributed by atoms with Crippen molar-refractivity contribution in [2.24, 2.45) is 0 Å². The van der Waals surface area contributed by atoms with Gasteiger partial charge in [-0.05, 0) is 46.3 Å². The molecule has 5 heteroatoms. The van der Waals surface area contributed by atoms with Gasteiger partial charge >= 0.3 is 0 Å². The van der Waals surface area contributed by atoms with Crippen LogP contribution in [0.5, 0.6) is 5.75 Å². The molecule has 0 spiro atoms. The van der Waals surface area contributed by atoms with Crippen molar-refractivity contribution in [2.75, 3.05) is 12.8 Å². The summed E-state index contributed by atoms with van der Waals surface area (Å²) in [5.74, 6) is 0.740. The average Bonchev–Trinajstić information content (AvgIpc) is 2.38. The van der Waals surface area contributed by atoms with E-state index in [1.165, 1.54) is 0 Å². The Morgan fingerprint density at radius 2 is 2.17 bits per heavy atom. The first-order chi connectivity index (χ1) is 8.63. The number of ether oxygens (including phenoxy) is 1. The molecule has 2 aromatic rings. The molecule has 0 bridgehead atoms. The first kappa shape index (κ1) is 12.6. The topological polar surface area (TPSA) is 65.2 Å². The highest BCUT2D eigenvalue weighted by Crippen LogP contribution is 2.27. The Hall–Kier alpha value is -1.88. The maximum Gasteiger partial charge on any atom is 0.196 e. The largest absolute Gasteiger partial charge is 0.496 e. The predicted molar refractivity (Wildman–Crippen MR) is 72.8 cm³/mol. The molecule has 0 unspecified atom stereocenters. The minimum absolute atomic E-state index is 0.163. The molecule has 0 radical (unpaired) electrons. The lowest BCUT2D eigenvalue weighted by Crippen LogP contribution is -2.06. The third kappa shape index (κ3) is 2.36. The van der Waals surface area contributed by atoms with Gasteiger partial charge in [0.25, 0.3) is 0 Å². The molecule has 2 rings (SSSR count). The van der Waals surface area contributed by atoms with E-state index in [0.717, 1.165) is 4.47 Å². The Labute approximate surface area is 113 Å². The van der Waals surface area contributed by atoms with Crippen LogP contribution in [0, 0.1) is 0 Å². The van der Waals surface area contributed by atoms with Crippen molar-refractivity contribution in [3.05, 3.63) is 52.1 Å². The van der Waals surface area contributed by atoms with E-state index < -0.39 is 0 Å². The van der Waals surface area contributed by atoms with Crippen LogP contribution in [0.15, 0.2) is 41.0 Å². The Balaban J connectivity index is 2.41. The van der Waals surface area contributed by atoms with Crippen molar-refractivity contribution in [3.8, 4) is 5.75 Å². The summed E-state index contributed by atoms with van der Waals surface area (Å²) >= 11 is 3.34. The SMILES string of the molecule is COc1ccc(C(=O)c2cccnc2N)cc1Br. The van der Waals surface area contributed by atoms with E-state index in [2.05, 4.69) is 20.9 Å². The van der Waals surface area contributed by atoms with Crippen molar-refractivity contribution in [1.29, 1.82) is 0 Å². The molecule has 0 saturated heterocycles. The maximum atomic E-state index is 12.2. The minimum Gasteiger partial charge on any atom is -0.496 e. The number of hydrogen-bond donors (Lipinski definition) is 1. The highest BCUT2D eigenvalue weighted by atomic mass is 79.9. The fourth-order valence-corrected chi connectivity index (χ4v) is 2.11. The van der Waals surface area contributed by atoms with E-state index in [4.69, 9.17) is 10.5 Å². The van der Waals surface area contributed by atoms with Gasteiger partial charge in [0.05, 0.1) is 17.1 Å². The van der Waals surface area contributed by atoms with Crippen LogP contribution in [-0.4, -0.2) is 17.9 Å². The summed E-state index contributed by atoms with van der Waals surface area (Å²) in [5, 5.41) is 0. The zero-order valence-corrected chi connectivity index (χ0v) is 11.3. The minimum atomic E-state index is -0.163. The van der Waals surface area contributed by atoms with E-state index in [0.29, 0.717) is 16.9 Å². The van der Waals surface area contributed by atoms with Crippen molar-refractivity contribution in [3.63, 3.8) is 0 Å². The second-order valence-electron chi connectivity index (χ2n) is 3.61. The molecule has 0 aliphatic carbocycles. The van der Waals surface area contributed by atoms with Gasteiger partial charge in [0.1, 0.15) is 11.6 Å². The number of nitrogens with two attached hydrogens (primary N) is 1. The molecule has 0 amide bonds. The van der Waals surface area contributed by atoms with Crippen molar-refractivity contribution < 1.29 is 9.53 Å². The molecule has 0 saturated carbocycles. The highest BCUT2D eigenvalue weighted by molar-refractivity contribution is 9.10.